The molecule has 7 nitrogen and oxygen atoms in total. The molecule has 136 valence electrons. The topological polar surface area (TPSA) is 104 Å². The van der Waals surface area contributed by atoms with Gasteiger partial charge in [0.15, 0.2) is 0 Å². The zero-order valence-corrected chi connectivity index (χ0v) is 14.5. The van der Waals surface area contributed by atoms with Crippen molar-refractivity contribution in [3.63, 3.8) is 0 Å². The van der Waals surface area contributed by atoms with Crippen molar-refractivity contribution >= 4 is 33.5 Å². The third-order valence-electron chi connectivity index (χ3n) is 4.63. The monoisotopic (exact) mass is 370 g/mol. The summed E-state index contributed by atoms with van der Waals surface area (Å²) in [6.07, 6.45) is 1.37. The van der Waals surface area contributed by atoms with Gasteiger partial charge in [-0.3, -0.25) is 9.59 Å². The van der Waals surface area contributed by atoms with E-state index < -0.39 is 11.5 Å². The molecule has 28 heavy (non-hydrogen) atoms. The summed E-state index contributed by atoms with van der Waals surface area (Å²) in [4.78, 5) is 31.7. The van der Waals surface area contributed by atoms with E-state index in [0.29, 0.717) is 11.1 Å². The molecular formula is C21H14N4O3. The van der Waals surface area contributed by atoms with Gasteiger partial charge >= 0.3 is 0 Å². The average molecular weight is 370 g/mol. The van der Waals surface area contributed by atoms with E-state index >= 15 is 0 Å². The lowest BCUT2D eigenvalue weighted by Crippen LogP contribution is -2.20. The second-order valence-electron chi connectivity index (χ2n) is 6.32. The Morgan fingerprint density at radius 2 is 1.71 bits per heavy atom. The number of fused-ring (bicyclic) bond motifs is 3. The van der Waals surface area contributed by atoms with Gasteiger partial charge in [-0.1, -0.05) is 53.7 Å². The van der Waals surface area contributed by atoms with Gasteiger partial charge in [0.25, 0.3) is 11.5 Å². The molecular weight excluding hydrogens is 356 g/mol. The quantitative estimate of drug-likeness (QED) is 0.448. The van der Waals surface area contributed by atoms with Crippen molar-refractivity contribution in [1.82, 2.24) is 15.1 Å². The third kappa shape index (κ3) is 2.49. The highest BCUT2D eigenvalue weighted by molar-refractivity contribution is 6.14. The van der Waals surface area contributed by atoms with Crippen LogP contribution in [0.25, 0.3) is 33.1 Å². The highest BCUT2D eigenvalue weighted by Gasteiger charge is 2.21. The van der Waals surface area contributed by atoms with Crippen LogP contribution in [0.3, 0.4) is 0 Å². The van der Waals surface area contributed by atoms with Crippen molar-refractivity contribution in [2.75, 3.05) is 5.32 Å². The van der Waals surface area contributed by atoms with Crippen LogP contribution in [0.1, 0.15) is 10.6 Å². The molecule has 0 bridgehead atoms. The lowest BCUT2D eigenvalue weighted by Gasteiger charge is -2.11. The number of aromatic amines is 2. The molecule has 3 aromatic heterocycles. The summed E-state index contributed by atoms with van der Waals surface area (Å²) in [7, 11) is 0. The summed E-state index contributed by atoms with van der Waals surface area (Å²) in [5, 5.41) is 7.12. The molecule has 5 aromatic rings. The molecule has 0 fully saturated rings. The SMILES string of the molecule is O=C(Nc1c(-c2ccccc2)c2[nH]c3ccccc3c2[nH]c1=O)c1ccno1. The van der Waals surface area contributed by atoms with Crippen molar-refractivity contribution in [2.24, 2.45) is 0 Å². The van der Waals surface area contributed by atoms with Gasteiger partial charge in [0.05, 0.1) is 17.2 Å². The molecule has 3 N–H and O–H groups in total. The van der Waals surface area contributed by atoms with E-state index in [1.165, 1.54) is 12.3 Å². The highest BCUT2D eigenvalue weighted by Crippen LogP contribution is 2.35. The molecule has 5 rings (SSSR count). The maximum atomic E-state index is 12.9. The number of aromatic nitrogens is 3. The van der Waals surface area contributed by atoms with Gasteiger partial charge in [-0.05, 0) is 11.6 Å². The van der Waals surface area contributed by atoms with Crippen molar-refractivity contribution < 1.29 is 9.32 Å². The number of hydrogen-bond donors (Lipinski definition) is 3. The number of benzene rings is 2. The molecule has 0 aliphatic heterocycles. The molecule has 1 amide bonds. The molecule has 3 heterocycles. The average Bonchev–Trinajstić information content (AvgIpc) is 3.37. The summed E-state index contributed by atoms with van der Waals surface area (Å²) in [5.41, 5.74) is 3.48. The largest absolute Gasteiger partial charge is 0.353 e. The van der Waals surface area contributed by atoms with Gasteiger partial charge in [-0.25, -0.2) is 0 Å². The van der Waals surface area contributed by atoms with Gasteiger partial charge in [0, 0.05) is 22.5 Å². The molecule has 0 aliphatic carbocycles. The maximum Gasteiger partial charge on any atom is 0.294 e. The van der Waals surface area contributed by atoms with Crippen molar-refractivity contribution in [3.8, 4) is 11.1 Å². The zero-order valence-electron chi connectivity index (χ0n) is 14.5. The molecule has 0 saturated carbocycles. The van der Waals surface area contributed by atoms with Crippen molar-refractivity contribution in [2.45, 2.75) is 0 Å². The van der Waals surface area contributed by atoms with Crippen LogP contribution in [0.5, 0.6) is 0 Å². The van der Waals surface area contributed by atoms with E-state index in [9.17, 15) is 9.59 Å². The van der Waals surface area contributed by atoms with E-state index in [1.54, 1.807) is 0 Å². The van der Waals surface area contributed by atoms with Crippen LogP contribution in [0, 0.1) is 0 Å². The Morgan fingerprint density at radius 1 is 0.929 bits per heavy atom. The summed E-state index contributed by atoms with van der Waals surface area (Å²) in [6.45, 7) is 0. The minimum absolute atomic E-state index is 0.0233. The Morgan fingerprint density at radius 3 is 2.50 bits per heavy atom. The van der Waals surface area contributed by atoms with Gasteiger partial charge in [0.2, 0.25) is 5.76 Å². The van der Waals surface area contributed by atoms with Crippen LogP contribution in [0.4, 0.5) is 5.69 Å². The Hall–Kier alpha value is -4.13. The number of carbonyl (C=O) groups is 1. The van der Waals surface area contributed by atoms with E-state index in [1.807, 2.05) is 54.6 Å². The number of hydrogen-bond acceptors (Lipinski definition) is 4. The first-order valence-electron chi connectivity index (χ1n) is 8.66. The number of amides is 1. The Kier molecular flexibility index (Phi) is 3.58. The zero-order chi connectivity index (χ0) is 19.1. The van der Waals surface area contributed by atoms with E-state index in [4.69, 9.17) is 4.52 Å². The second-order valence-corrected chi connectivity index (χ2v) is 6.32. The molecule has 0 aliphatic rings. The molecule has 0 atom stereocenters. The molecule has 7 heteroatoms. The summed E-state index contributed by atoms with van der Waals surface area (Å²) >= 11 is 0. The normalized spacial score (nSPS) is 11.1. The van der Waals surface area contributed by atoms with Gasteiger partial charge < -0.3 is 19.8 Å². The van der Waals surface area contributed by atoms with Crippen LogP contribution >= 0.6 is 0 Å². The fourth-order valence-corrected chi connectivity index (χ4v) is 3.39. The smallest absolute Gasteiger partial charge is 0.294 e. The first-order valence-corrected chi connectivity index (χ1v) is 8.66. The summed E-state index contributed by atoms with van der Waals surface area (Å²) in [6, 6.07) is 18.6. The number of rotatable bonds is 3. The number of nitrogens with one attached hydrogen (secondary N) is 3. The predicted octanol–water partition coefficient (Wildman–Crippen LogP) is 3.92. The van der Waals surface area contributed by atoms with Crippen molar-refractivity contribution in [3.05, 3.63) is 83.0 Å². The first-order chi connectivity index (χ1) is 13.7. The number of H-pyrrole nitrogens is 2. The second kappa shape index (κ2) is 6.24. The molecule has 2 aromatic carbocycles. The van der Waals surface area contributed by atoms with Crippen LogP contribution in [0.15, 0.2) is 76.2 Å². The minimum Gasteiger partial charge on any atom is -0.353 e. The molecule has 0 radical (unpaired) electrons. The Balaban J connectivity index is 1.81. The Bertz CT molecular complexity index is 1370. The van der Waals surface area contributed by atoms with Crippen LogP contribution in [0.2, 0.25) is 0 Å². The van der Waals surface area contributed by atoms with Crippen LogP contribution < -0.4 is 10.9 Å². The molecule has 0 spiro atoms. The van der Waals surface area contributed by atoms with E-state index in [-0.39, 0.29) is 11.4 Å². The van der Waals surface area contributed by atoms with Gasteiger partial charge in [-0.15, -0.1) is 0 Å². The van der Waals surface area contributed by atoms with E-state index in [0.717, 1.165) is 22.0 Å². The number of anilines is 1. The van der Waals surface area contributed by atoms with Gasteiger partial charge in [0.1, 0.15) is 5.69 Å². The third-order valence-corrected chi connectivity index (χ3v) is 4.63. The lowest BCUT2D eigenvalue weighted by atomic mass is 10.0. The number of carbonyl (C=O) groups excluding carboxylic acids is 1. The fraction of sp³-hybridized carbons (Fsp3) is 0. The van der Waals surface area contributed by atoms with Crippen molar-refractivity contribution in [1.29, 1.82) is 0 Å². The minimum atomic E-state index is -0.546. The predicted molar refractivity (Wildman–Crippen MR) is 106 cm³/mol. The molecule has 0 saturated heterocycles. The Labute approximate surface area is 158 Å². The van der Waals surface area contributed by atoms with Crippen LogP contribution in [-0.4, -0.2) is 21.0 Å². The molecule has 0 unspecified atom stereocenters. The maximum absolute atomic E-state index is 12.9. The number of para-hydroxylation sites is 1. The van der Waals surface area contributed by atoms with Gasteiger partial charge in [-0.2, -0.15) is 0 Å². The summed E-state index contributed by atoms with van der Waals surface area (Å²) < 4.78 is 4.91. The first kappa shape index (κ1) is 16.1. The lowest BCUT2D eigenvalue weighted by molar-refractivity contribution is 0.0988. The standard InChI is InChI=1S/C21H14N4O3/c26-20(15-10-11-22-28-15)25-19-16(12-6-2-1-3-7-12)18-17(24-21(19)27)13-8-4-5-9-14(13)23-18/h1-11,23H,(H,24,27)(H,25,26). The highest BCUT2D eigenvalue weighted by atomic mass is 16.5. The van der Waals surface area contributed by atoms with Crippen LogP contribution in [-0.2, 0) is 0 Å². The number of nitrogens with zero attached hydrogens (tertiary/aromatic N) is 1. The van der Waals surface area contributed by atoms with E-state index in [2.05, 4.69) is 20.4 Å². The number of pyridine rings is 1. The fourth-order valence-electron chi connectivity index (χ4n) is 3.39. The summed E-state index contributed by atoms with van der Waals surface area (Å²) in [5.74, 6) is -0.522.